The van der Waals surface area contributed by atoms with Crippen LogP contribution >= 0.6 is 0 Å². The van der Waals surface area contributed by atoms with Crippen LogP contribution in [0.3, 0.4) is 0 Å². The molecule has 1 aliphatic carbocycles. The SMILES string of the molecule is CCCCCCCOCCOCC[C@H]1[C@H](CC)CC(=O)[C@@H]1CC=CCCCC(=O)OC(C)C. The number of carbonyl (C=O) groups is 2. The zero-order valence-corrected chi connectivity index (χ0v) is 21.8. The summed E-state index contributed by atoms with van der Waals surface area (Å²) in [6.45, 7) is 11.0. The average molecular weight is 467 g/mol. The number of hydrogen-bond acceptors (Lipinski definition) is 5. The van der Waals surface area contributed by atoms with E-state index < -0.39 is 0 Å². The molecule has 0 aromatic heterocycles. The number of esters is 1. The number of Topliss-reactive ketones (excluding diaryl/α,β-unsaturated/α-hetero) is 1. The van der Waals surface area contributed by atoms with Crippen LogP contribution in [-0.4, -0.2) is 44.3 Å². The third-order valence-corrected chi connectivity index (χ3v) is 6.56. The molecule has 0 N–H and O–H groups in total. The van der Waals surface area contributed by atoms with Crippen LogP contribution in [0.25, 0.3) is 0 Å². The second kappa shape index (κ2) is 19.1. The van der Waals surface area contributed by atoms with E-state index in [-0.39, 0.29) is 18.0 Å². The highest BCUT2D eigenvalue weighted by atomic mass is 16.5. The van der Waals surface area contributed by atoms with Gasteiger partial charge in [0.15, 0.2) is 0 Å². The van der Waals surface area contributed by atoms with Crippen LogP contribution in [0, 0.1) is 17.8 Å². The molecule has 1 fully saturated rings. The molecule has 1 aliphatic rings. The maximum atomic E-state index is 12.6. The molecule has 0 aromatic rings. The van der Waals surface area contributed by atoms with Gasteiger partial charge in [0.1, 0.15) is 5.78 Å². The van der Waals surface area contributed by atoms with Gasteiger partial charge in [-0.05, 0) is 57.8 Å². The van der Waals surface area contributed by atoms with Crippen molar-refractivity contribution in [1.29, 1.82) is 0 Å². The molecule has 33 heavy (non-hydrogen) atoms. The van der Waals surface area contributed by atoms with E-state index in [1.807, 2.05) is 13.8 Å². The molecule has 0 aliphatic heterocycles. The average Bonchev–Trinajstić information content (AvgIpc) is 3.08. The molecule has 0 bridgehead atoms. The van der Waals surface area contributed by atoms with E-state index in [9.17, 15) is 9.59 Å². The normalized spacial score (nSPS) is 20.9. The molecule has 5 nitrogen and oxygen atoms in total. The molecule has 0 amide bonds. The van der Waals surface area contributed by atoms with Crippen molar-refractivity contribution in [2.24, 2.45) is 17.8 Å². The summed E-state index contributed by atoms with van der Waals surface area (Å²) in [6.07, 6.45) is 16.1. The molecule has 0 aromatic carbocycles. The van der Waals surface area contributed by atoms with Gasteiger partial charge in [0.25, 0.3) is 0 Å². The van der Waals surface area contributed by atoms with Crippen LogP contribution in [0.2, 0.25) is 0 Å². The Balaban J connectivity index is 2.22. The van der Waals surface area contributed by atoms with Gasteiger partial charge < -0.3 is 14.2 Å². The van der Waals surface area contributed by atoms with Crippen molar-refractivity contribution < 1.29 is 23.8 Å². The second-order valence-corrected chi connectivity index (χ2v) is 9.67. The fourth-order valence-electron chi connectivity index (χ4n) is 4.71. The van der Waals surface area contributed by atoms with Gasteiger partial charge in [0, 0.05) is 32.0 Å². The number of hydrogen-bond donors (Lipinski definition) is 0. The van der Waals surface area contributed by atoms with Crippen molar-refractivity contribution in [2.45, 2.75) is 111 Å². The number of carbonyl (C=O) groups excluding carboxylic acids is 2. The Morgan fingerprint density at radius 1 is 0.970 bits per heavy atom. The van der Waals surface area contributed by atoms with Crippen LogP contribution in [0.5, 0.6) is 0 Å². The molecule has 1 saturated carbocycles. The van der Waals surface area contributed by atoms with Gasteiger partial charge in [-0.2, -0.15) is 0 Å². The van der Waals surface area contributed by atoms with Crippen molar-refractivity contribution in [3.8, 4) is 0 Å². The monoisotopic (exact) mass is 466 g/mol. The lowest BCUT2D eigenvalue weighted by Crippen LogP contribution is -2.20. The minimum Gasteiger partial charge on any atom is -0.463 e. The number of rotatable bonds is 20. The summed E-state index contributed by atoms with van der Waals surface area (Å²) in [5.41, 5.74) is 0. The maximum Gasteiger partial charge on any atom is 0.306 e. The highest BCUT2D eigenvalue weighted by molar-refractivity contribution is 5.84. The van der Waals surface area contributed by atoms with E-state index in [0.29, 0.717) is 50.3 Å². The molecular formula is C28H50O5. The van der Waals surface area contributed by atoms with Gasteiger partial charge in [-0.15, -0.1) is 0 Å². The fraction of sp³-hybridized carbons (Fsp3) is 0.857. The van der Waals surface area contributed by atoms with Crippen molar-refractivity contribution in [1.82, 2.24) is 0 Å². The van der Waals surface area contributed by atoms with E-state index in [0.717, 1.165) is 45.1 Å². The Labute approximate surface area is 203 Å². The van der Waals surface area contributed by atoms with Crippen LogP contribution in [0.1, 0.15) is 105 Å². The van der Waals surface area contributed by atoms with Gasteiger partial charge >= 0.3 is 5.97 Å². The summed E-state index contributed by atoms with van der Waals surface area (Å²) in [5.74, 6) is 1.27. The Kier molecular flexibility index (Phi) is 17.3. The molecular weight excluding hydrogens is 416 g/mol. The lowest BCUT2D eigenvalue weighted by atomic mass is 9.83. The molecule has 5 heteroatoms. The Bertz CT molecular complexity index is 542. The van der Waals surface area contributed by atoms with Gasteiger partial charge in [0.05, 0.1) is 19.3 Å². The summed E-state index contributed by atoms with van der Waals surface area (Å²) >= 11 is 0. The van der Waals surface area contributed by atoms with Crippen LogP contribution in [0.4, 0.5) is 0 Å². The lowest BCUT2D eigenvalue weighted by Gasteiger charge is -2.22. The summed E-state index contributed by atoms with van der Waals surface area (Å²) < 4.78 is 16.6. The van der Waals surface area contributed by atoms with E-state index in [1.54, 1.807) is 0 Å². The molecule has 0 spiro atoms. The standard InChI is InChI=1S/C28H50O5/c1-5-7-8-11-14-18-31-20-21-32-19-17-25-24(6-2)22-27(29)26(25)15-12-9-10-13-16-28(30)33-23(3)4/h9,12,23-26H,5-8,10-11,13-22H2,1-4H3/t24-,25+,26-/m1/s1. The van der Waals surface area contributed by atoms with Crippen molar-refractivity contribution >= 4 is 11.8 Å². The summed E-state index contributed by atoms with van der Waals surface area (Å²) in [5, 5.41) is 0. The number of unbranched alkanes of at least 4 members (excludes halogenated alkanes) is 5. The van der Waals surface area contributed by atoms with Crippen molar-refractivity contribution in [3.63, 3.8) is 0 Å². The lowest BCUT2D eigenvalue weighted by molar-refractivity contribution is -0.147. The number of ketones is 1. The number of ether oxygens (including phenoxy) is 3. The quantitative estimate of drug-likeness (QED) is 0.114. The van der Waals surface area contributed by atoms with E-state index >= 15 is 0 Å². The summed E-state index contributed by atoms with van der Waals surface area (Å²) in [7, 11) is 0. The topological polar surface area (TPSA) is 61.8 Å². The van der Waals surface area contributed by atoms with Crippen LogP contribution in [-0.2, 0) is 23.8 Å². The van der Waals surface area contributed by atoms with Gasteiger partial charge in [0.2, 0.25) is 0 Å². The Hall–Kier alpha value is -1.20. The minimum absolute atomic E-state index is 0.0540. The molecule has 0 saturated heterocycles. The Morgan fingerprint density at radius 2 is 1.70 bits per heavy atom. The minimum atomic E-state index is -0.132. The molecule has 0 unspecified atom stereocenters. The van der Waals surface area contributed by atoms with Crippen molar-refractivity contribution in [2.75, 3.05) is 26.4 Å². The smallest absolute Gasteiger partial charge is 0.306 e. The van der Waals surface area contributed by atoms with Crippen LogP contribution in [0.15, 0.2) is 12.2 Å². The predicted molar refractivity (Wildman–Crippen MR) is 134 cm³/mol. The van der Waals surface area contributed by atoms with E-state index in [2.05, 4.69) is 26.0 Å². The zero-order valence-electron chi connectivity index (χ0n) is 21.8. The summed E-state index contributed by atoms with van der Waals surface area (Å²) in [4.78, 5) is 24.2. The molecule has 1 rings (SSSR count). The Morgan fingerprint density at radius 3 is 2.39 bits per heavy atom. The largest absolute Gasteiger partial charge is 0.463 e. The fourth-order valence-corrected chi connectivity index (χ4v) is 4.71. The third kappa shape index (κ3) is 13.9. The predicted octanol–water partition coefficient (Wildman–Crippen LogP) is 6.68. The zero-order chi connectivity index (χ0) is 24.3. The molecule has 192 valence electrons. The molecule has 0 heterocycles. The van der Waals surface area contributed by atoms with E-state index in [4.69, 9.17) is 14.2 Å². The third-order valence-electron chi connectivity index (χ3n) is 6.56. The van der Waals surface area contributed by atoms with Crippen molar-refractivity contribution in [3.05, 3.63) is 12.2 Å². The molecule has 3 atom stereocenters. The van der Waals surface area contributed by atoms with Gasteiger partial charge in [-0.25, -0.2) is 0 Å². The first-order valence-electron chi connectivity index (χ1n) is 13.5. The highest BCUT2D eigenvalue weighted by Crippen LogP contribution is 2.40. The first-order valence-corrected chi connectivity index (χ1v) is 13.5. The van der Waals surface area contributed by atoms with Gasteiger partial charge in [-0.1, -0.05) is 58.1 Å². The number of allylic oxidation sites excluding steroid dienone is 2. The van der Waals surface area contributed by atoms with E-state index in [1.165, 1.54) is 25.7 Å². The molecule has 0 radical (unpaired) electrons. The summed E-state index contributed by atoms with van der Waals surface area (Å²) in [6, 6.07) is 0. The second-order valence-electron chi connectivity index (χ2n) is 9.67. The highest BCUT2D eigenvalue weighted by Gasteiger charge is 2.40. The van der Waals surface area contributed by atoms with Crippen LogP contribution < -0.4 is 0 Å². The van der Waals surface area contributed by atoms with Gasteiger partial charge in [-0.3, -0.25) is 9.59 Å². The maximum absolute atomic E-state index is 12.6. The first kappa shape index (κ1) is 29.8. The first-order chi connectivity index (χ1) is 16.0.